The molecule has 2 aromatic carbocycles. The molecule has 0 heterocycles. The average Bonchev–Trinajstić information content (AvgIpc) is 2.61. The highest BCUT2D eigenvalue weighted by Gasteiger charge is 2.13. The van der Waals surface area contributed by atoms with Gasteiger partial charge in [0.2, 0.25) is 5.91 Å². The van der Waals surface area contributed by atoms with Gasteiger partial charge in [-0.15, -0.1) is 0 Å². The highest BCUT2D eigenvalue weighted by atomic mass is 16.5. The number of amides is 2. The Hall–Kier alpha value is -3.35. The molecule has 7 heteroatoms. The van der Waals surface area contributed by atoms with Gasteiger partial charge in [-0.05, 0) is 67.3 Å². The maximum absolute atomic E-state index is 12.6. The van der Waals surface area contributed by atoms with Crippen LogP contribution in [0.3, 0.4) is 0 Å². The third kappa shape index (κ3) is 6.64. The van der Waals surface area contributed by atoms with Crippen LogP contribution in [0.25, 0.3) is 0 Å². The summed E-state index contributed by atoms with van der Waals surface area (Å²) in [5.41, 5.74) is 3.06. The first-order valence-corrected chi connectivity index (χ1v) is 9.32. The average molecular weight is 398 g/mol. The summed E-state index contributed by atoms with van der Waals surface area (Å²) in [5.74, 6) is -0.660. The van der Waals surface area contributed by atoms with E-state index in [4.69, 9.17) is 9.84 Å². The lowest BCUT2D eigenvalue weighted by Crippen LogP contribution is -2.15. The quantitative estimate of drug-likeness (QED) is 0.623. The monoisotopic (exact) mass is 398 g/mol. The molecule has 0 radical (unpaired) electrons. The molecule has 0 saturated carbocycles. The second-order valence-electron chi connectivity index (χ2n) is 7.30. The number of carbonyl (C=O) groups is 3. The minimum atomic E-state index is -1.06. The second kappa shape index (κ2) is 9.73. The molecule has 0 aromatic heterocycles. The summed E-state index contributed by atoms with van der Waals surface area (Å²) in [7, 11) is 0. The summed E-state index contributed by atoms with van der Waals surface area (Å²) in [6, 6.07) is 10.2. The smallest absolute Gasteiger partial charge is 0.341 e. The predicted molar refractivity (Wildman–Crippen MR) is 112 cm³/mol. The molecule has 0 aliphatic rings. The predicted octanol–water partition coefficient (Wildman–Crippen LogP) is 4.00. The molecular formula is C22H26N2O5. The van der Waals surface area contributed by atoms with E-state index in [9.17, 15) is 14.4 Å². The molecule has 2 aromatic rings. The van der Waals surface area contributed by atoms with E-state index < -0.39 is 12.6 Å². The Bertz CT molecular complexity index is 881. The second-order valence-corrected chi connectivity index (χ2v) is 7.30. The zero-order chi connectivity index (χ0) is 21.6. The molecule has 0 aliphatic carbocycles. The van der Waals surface area contributed by atoms with Crippen LogP contribution in [0.5, 0.6) is 5.75 Å². The lowest BCUT2D eigenvalue weighted by Gasteiger charge is -2.13. The first kappa shape index (κ1) is 21.9. The van der Waals surface area contributed by atoms with Crippen molar-refractivity contribution in [1.82, 2.24) is 0 Å². The van der Waals surface area contributed by atoms with Crippen LogP contribution in [-0.2, 0) is 9.59 Å². The summed E-state index contributed by atoms with van der Waals surface area (Å²) in [6.45, 7) is 7.04. The van der Waals surface area contributed by atoms with Gasteiger partial charge in [-0.25, -0.2) is 4.79 Å². The largest absolute Gasteiger partial charge is 0.481 e. The number of benzene rings is 2. The number of nitrogens with one attached hydrogen (secondary N) is 2. The summed E-state index contributed by atoms with van der Waals surface area (Å²) in [5, 5.41) is 14.4. The highest BCUT2D eigenvalue weighted by molar-refractivity contribution is 6.04. The van der Waals surface area contributed by atoms with Crippen molar-refractivity contribution in [1.29, 1.82) is 0 Å². The van der Waals surface area contributed by atoms with Gasteiger partial charge in [0.25, 0.3) is 5.91 Å². The van der Waals surface area contributed by atoms with Gasteiger partial charge in [0.05, 0.1) is 0 Å². The van der Waals surface area contributed by atoms with Gasteiger partial charge in [0.15, 0.2) is 6.61 Å². The molecule has 0 atom stereocenters. The number of ether oxygens (including phenoxy) is 1. The fourth-order valence-electron chi connectivity index (χ4n) is 2.87. The van der Waals surface area contributed by atoms with E-state index >= 15 is 0 Å². The molecule has 2 rings (SSSR count). The molecule has 0 saturated heterocycles. The van der Waals surface area contributed by atoms with Crippen molar-refractivity contribution in [3.63, 3.8) is 0 Å². The highest BCUT2D eigenvalue weighted by Crippen LogP contribution is 2.25. The Kier molecular flexibility index (Phi) is 7.36. The molecule has 0 unspecified atom stereocenters. The Labute approximate surface area is 170 Å². The molecule has 2 amide bonds. The standard InChI is InChI=1S/C22H26N2O5/c1-13(2)9-19(25)23-17-5-7-18(8-6-17)24-22(28)16-10-14(3)21(15(4)11-16)29-12-20(26)27/h5-8,10-11,13H,9,12H2,1-4H3,(H,23,25)(H,24,28)(H,26,27). The summed E-state index contributed by atoms with van der Waals surface area (Å²) < 4.78 is 5.29. The van der Waals surface area contributed by atoms with Gasteiger partial charge in [0.1, 0.15) is 5.75 Å². The zero-order valence-corrected chi connectivity index (χ0v) is 17.0. The molecule has 7 nitrogen and oxygen atoms in total. The number of anilines is 2. The van der Waals surface area contributed by atoms with Crippen molar-refractivity contribution in [2.75, 3.05) is 17.2 Å². The van der Waals surface area contributed by atoms with Crippen molar-refractivity contribution >= 4 is 29.2 Å². The molecule has 29 heavy (non-hydrogen) atoms. The lowest BCUT2D eigenvalue weighted by atomic mass is 10.0. The molecule has 0 spiro atoms. The summed E-state index contributed by atoms with van der Waals surface area (Å²) >= 11 is 0. The van der Waals surface area contributed by atoms with Gasteiger partial charge < -0.3 is 20.5 Å². The normalized spacial score (nSPS) is 10.5. The molecule has 154 valence electrons. The molecule has 0 bridgehead atoms. The Morgan fingerprint density at radius 2 is 1.48 bits per heavy atom. The molecule has 3 N–H and O–H groups in total. The van der Waals surface area contributed by atoms with Crippen molar-refractivity contribution in [2.45, 2.75) is 34.1 Å². The lowest BCUT2D eigenvalue weighted by molar-refractivity contribution is -0.139. The number of rotatable bonds is 8. The number of carbonyl (C=O) groups excluding carboxylic acids is 2. The number of hydrogen-bond acceptors (Lipinski definition) is 4. The fraction of sp³-hybridized carbons (Fsp3) is 0.318. The van der Waals surface area contributed by atoms with Gasteiger partial charge >= 0.3 is 5.97 Å². The third-order valence-corrected chi connectivity index (χ3v) is 4.08. The van der Waals surface area contributed by atoms with E-state index in [0.717, 1.165) is 0 Å². The van der Waals surface area contributed by atoms with E-state index in [1.807, 2.05) is 13.8 Å². The number of aliphatic carboxylic acids is 1. The maximum Gasteiger partial charge on any atom is 0.341 e. The fourth-order valence-corrected chi connectivity index (χ4v) is 2.87. The van der Waals surface area contributed by atoms with E-state index in [1.165, 1.54) is 0 Å². The van der Waals surface area contributed by atoms with Gasteiger partial charge in [-0.1, -0.05) is 13.8 Å². The summed E-state index contributed by atoms with van der Waals surface area (Å²) in [6.07, 6.45) is 0.448. The zero-order valence-electron chi connectivity index (χ0n) is 17.0. The Balaban J connectivity index is 2.04. The molecule has 0 fully saturated rings. The Morgan fingerprint density at radius 3 is 1.97 bits per heavy atom. The van der Waals surface area contributed by atoms with Crippen LogP contribution >= 0.6 is 0 Å². The minimum absolute atomic E-state index is 0.0482. The summed E-state index contributed by atoms with van der Waals surface area (Å²) in [4.78, 5) is 35.1. The SMILES string of the molecule is Cc1cc(C(=O)Nc2ccc(NC(=O)CC(C)C)cc2)cc(C)c1OCC(=O)O. The van der Waals surface area contributed by atoms with Crippen molar-refractivity contribution < 1.29 is 24.2 Å². The maximum atomic E-state index is 12.6. The first-order chi connectivity index (χ1) is 13.7. The van der Waals surface area contributed by atoms with Crippen LogP contribution in [0.2, 0.25) is 0 Å². The van der Waals surface area contributed by atoms with E-state index in [2.05, 4.69) is 10.6 Å². The van der Waals surface area contributed by atoms with Crippen molar-refractivity contribution in [3.8, 4) is 5.75 Å². The van der Waals surface area contributed by atoms with E-state index in [0.29, 0.717) is 40.2 Å². The number of aryl methyl sites for hydroxylation is 2. The van der Waals surface area contributed by atoms with Crippen LogP contribution < -0.4 is 15.4 Å². The van der Waals surface area contributed by atoms with Crippen LogP contribution in [0.4, 0.5) is 11.4 Å². The van der Waals surface area contributed by atoms with Gasteiger partial charge in [0, 0.05) is 23.4 Å². The number of hydrogen-bond donors (Lipinski definition) is 3. The van der Waals surface area contributed by atoms with Crippen LogP contribution in [0.1, 0.15) is 41.8 Å². The topological polar surface area (TPSA) is 105 Å². The van der Waals surface area contributed by atoms with Gasteiger partial charge in [-0.2, -0.15) is 0 Å². The van der Waals surface area contributed by atoms with Crippen LogP contribution in [0.15, 0.2) is 36.4 Å². The van der Waals surface area contributed by atoms with Crippen LogP contribution in [-0.4, -0.2) is 29.5 Å². The van der Waals surface area contributed by atoms with Crippen molar-refractivity contribution in [3.05, 3.63) is 53.1 Å². The number of carboxylic acid groups (broad SMARTS) is 1. The van der Waals surface area contributed by atoms with E-state index in [-0.39, 0.29) is 17.7 Å². The first-order valence-electron chi connectivity index (χ1n) is 9.32. The third-order valence-electron chi connectivity index (χ3n) is 4.08. The van der Waals surface area contributed by atoms with Gasteiger partial charge in [-0.3, -0.25) is 9.59 Å². The Morgan fingerprint density at radius 1 is 0.966 bits per heavy atom. The number of carboxylic acids is 1. The molecular weight excluding hydrogens is 372 g/mol. The van der Waals surface area contributed by atoms with Crippen molar-refractivity contribution in [2.24, 2.45) is 5.92 Å². The molecule has 0 aliphatic heterocycles. The van der Waals surface area contributed by atoms with E-state index in [1.54, 1.807) is 50.2 Å². The van der Waals surface area contributed by atoms with Crippen LogP contribution in [0, 0.1) is 19.8 Å². The minimum Gasteiger partial charge on any atom is -0.481 e.